The number of nitrogens with one attached hydrogen (secondary N) is 3. The lowest BCUT2D eigenvalue weighted by Crippen LogP contribution is -2.33. The SMILES string of the molecule is CC(C)(CCl)C(=O)Nc1n[nH]c2c1CNCC2. The molecule has 1 aliphatic rings. The number of aromatic nitrogens is 2. The summed E-state index contributed by atoms with van der Waals surface area (Å²) in [7, 11) is 0. The van der Waals surface area contributed by atoms with Crippen LogP contribution in [0.1, 0.15) is 25.1 Å². The van der Waals surface area contributed by atoms with Gasteiger partial charge in [0.05, 0.1) is 5.41 Å². The molecule has 0 saturated heterocycles. The third-order valence-corrected chi connectivity index (χ3v) is 3.66. The summed E-state index contributed by atoms with van der Waals surface area (Å²) in [5, 5.41) is 13.2. The van der Waals surface area contributed by atoms with Gasteiger partial charge >= 0.3 is 0 Å². The van der Waals surface area contributed by atoms with E-state index in [2.05, 4.69) is 20.8 Å². The Hall–Kier alpha value is -1.07. The summed E-state index contributed by atoms with van der Waals surface area (Å²) >= 11 is 5.77. The summed E-state index contributed by atoms with van der Waals surface area (Å²) < 4.78 is 0. The van der Waals surface area contributed by atoms with Crippen molar-refractivity contribution in [2.75, 3.05) is 17.7 Å². The number of aromatic amines is 1. The second-order valence-electron chi connectivity index (χ2n) is 4.93. The minimum absolute atomic E-state index is 0.104. The van der Waals surface area contributed by atoms with Crippen molar-refractivity contribution in [3.8, 4) is 0 Å². The normalized spacial score (nSPS) is 15.5. The summed E-state index contributed by atoms with van der Waals surface area (Å²) in [5.74, 6) is 0.798. The van der Waals surface area contributed by atoms with E-state index in [0.717, 1.165) is 30.8 Å². The van der Waals surface area contributed by atoms with Crippen molar-refractivity contribution >= 4 is 23.3 Å². The summed E-state index contributed by atoms with van der Waals surface area (Å²) in [6.45, 7) is 5.30. The maximum Gasteiger partial charge on any atom is 0.232 e. The van der Waals surface area contributed by atoms with E-state index in [1.165, 1.54) is 0 Å². The lowest BCUT2D eigenvalue weighted by molar-refractivity contribution is -0.123. The molecule has 0 aromatic carbocycles. The van der Waals surface area contributed by atoms with Crippen LogP contribution in [-0.4, -0.2) is 28.5 Å². The van der Waals surface area contributed by atoms with E-state index >= 15 is 0 Å². The molecule has 0 saturated carbocycles. The van der Waals surface area contributed by atoms with Crippen molar-refractivity contribution in [1.82, 2.24) is 15.5 Å². The van der Waals surface area contributed by atoms with Gasteiger partial charge in [0.25, 0.3) is 0 Å². The molecule has 3 N–H and O–H groups in total. The molecule has 0 aliphatic carbocycles. The Bertz CT molecular complexity index is 427. The zero-order valence-corrected chi connectivity index (χ0v) is 10.8. The lowest BCUT2D eigenvalue weighted by Gasteiger charge is -2.20. The monoisotopic (exact) mass is 256 g/mol. The van der Waals surface area contributed by atoms with Crippen LogP contribution in [0.25, 0.3) is 0 Å². The molecule has 0 radical (unpaired) electrons. The molecule has 94 valence electrons. The number of alkyl halides is 1. The highest BCUT2D eigenvalue weighted by Gasteiger charge is 2.28. The topological polar surface area (TPSA) is 69.8 Å². The van der Waals surface area contributed by atoms with Crippen LogP contribution in [0.15, 0.2) is 0 Å². The lowest BCUT2D eigenvalue weighted by atomic mass is 9.95. The van der Waals surface area contributed by atoms with Crippen molar-refractivity contribution < 1.29 is 4.79 Å². The van der Waals surface area contributed by atoms with Gasteiger partial charge in [-0.05, 0) is 13.8 Å². The van der Waals surface area contributed by atoms with Gasteiger partial charge in [0.1, 0.15) is 0 Å². The molecule has 6 heteroatoms. The number of nitrogens with zero attached hydrogens (tertiary/aromatic N) is 1. The van der Waals surface area contributed by atoms with Crippen LogP contribution in [0, 0.1) is 5.41 Å². The molecule has 1 aromatic heterocycles. The summed E-state index contributed by atoms with van der Waals surface area (Å²) in [5.41, 5.74) is 1.56. The maximum absolute atomic E-state index is 12.0. The molecule has 2 heterocycles. The summed E-state index contributed by atoms with van der Waals surface area (Å²) in [6.07, 6.45) is 0.914. The Morgan fingerprint density at radius 1 is 1.59 bits per heavy atom. The predicted octanol–water partition coefficient (Wildman–Crippen LogP) is 1.26. The average molecular weight is 257 g/mol. The molecule has 17 heavy (non-hydrogen) atoms. The van der Waals surface area contributed by atoms with Crippen LogP contribution < -0.4 is 10.6 Å². The fraction of sp³-hybridized carbons (Fsp3) is 0.636. The van der Waals surface area contributed by atoms with Gasteiger partial charge < -0.3 is 10.6 Å². The van der Waals surface area contributed by atoms with E-state index in [4.69, 9.17) is 11.6 Å². The van der Waals surface area contributed by atoms with Gasteiger partial charge in [-0.3, -0.25) is 9.89 Å². The standard InChI is InChI=1S/C11H17ClN4O/c1-11(2,6-12)10(17)14-9-7-5-13-4-3-8(7)15-16-9/h13H,3-6H2,1-2H3,(H2,14,15,16,17). The van der Waals surface area contributed by atoms with Crippen molar-refractivity contribution in [3.05, 3.63) is 11.3 Å². The molecule has 0 unspecified atom stereocenters. The van der Waals surface area contributed by atoms with E-state index < -0.39 is 5.41 Å². The summed E-state index contributed by atoms with van der Waals surface area (Å²) in [6, 6.07) is 0. The van der Waals surface area contributed by atoms with E-state index in [0.29, 0.717) is 5.82 Å². The van der Waals surface area contributed by atoms with Crippen molar-refractivity contribution in [2.45, 2.75) is 26.8 Å². The number of amides is 1. The van der Waals surface area contributed by atoms with E-state index in [9.17, 15) is 4.79 Å². The van der Waals surface area contributed by atoms with Crippen LogP contribution in [0.2, 0.25) is 0 Å². The van der Waals surface area contributed by atoms with Crippen molar-refractivity contribution in [3.63, 3.8) is 0 Å². The molecule has 1 amide bonds. The fourth-order valence-electron chi connectivity index (χ4n) is 1.67. The van der Waals surface area contributed by atoms with Gasteiger partial charge in [0, 0.05) is 36.6 Å². The first-order valence-electron chi connectivity index (χ1n) is 5.69. The second kappa shape index (κ2) is 4.66. The van der Waals surface area contributed by atoms with Gasteiger partial charge in [0.15, 0.2) is 5.82 Å². The molecule has 5 nitrogen and oxygen atoms in total. The van der Waals surface area contributed by atoms with E-state index in [-0.39, 0.29) is 11.8 Å². The number of fused-ring (bicyclic) bond motifs is 1. The van der Waals surface area contributed by atoms with Crippen LogP contribution in [0.3, 0.4) is 0 Å². The van der Waals surface area contributed by atoms with Gasteiger partial charge in [-0.2, -0.15) is 5.10 Å². The molecule has 0 fully saturated rings. The number of anilines is 1. The number of carbonyl (C=O) groups excluding carboxylic acids is 1. The molecule has 0 atom stereocenters. The third-order valence-electron chi connectivity index (χ3n) is 2.99. The zero-order valence-electron chi connectivity index (χ0n) is 10.1. The fourth-order valence-corrected chi connectivity index (χ4v) is 1.79. The van der Waals surface area contributed by atoms with Gasteiger partial charge in [-0.1, -0.05) is 0 Å². The number of hydrogen-bond donors (Lipinski definition) is 3. The minimum atomic E-state index is -0.588. The van der Waals surface area contributed by atoms with Crippen molar-refractivity contribution in [2.24, 2.45) is 5.41 Å². The minimum Gasteiger partial charge on any atom is -0.312 e. The third kappa shape index (κ3) is 2.45. The quantitative estimate of drug-likeness (QED) is 0.713. The first kappa shape index (κ1) is 12.4. The van der Waals surface area contributed by atoms with Crippen molar-refractivity contribution in [1.29, 1.82) is 0 Å². The molecule has 1 aliphatic heterocycles. The Balaban J connectivity index is 2.14. The first-order chi connectivity index (χ1) is 8.04. The molecule has 2 rings (SSSR count). The highest BCUT2D eigenvalue weighted by Crippen LogP contribution is 2.23. The summed E-state index contributed by atoms with van der Waals surface area (Å²) in [4.78, 5) is 12.0. The number of H-pyrrole nitrogens is 1. The zero-order chi connectivity index (χ0) is 12.5. The largest absolute Gasteiger partial charge is 0.312 e. The van der Waals surface area contributed by atoms with E-state index in [1.807, 2.05) is 13.8 Å². The van der Waals surface area contributed by atoms with Crippen LogP contribution in [-0.2, 0) is 17.8 Å². The number of hydrogen-bond acceptors (Lipinski definition) is 3. The Morgan fingerprint density at radius 2 is 2.35 bits per heavy atom. The van der Waals surface area contributed by atoms with Crippen LogP contribution in [0.4, 0.5) is 5.82 Å². The molecule has 0 bridgehead atoms. The van der Waals surface area contributed by atoms with Gasteiger partial charge in [-0.25, -0.2) is 0 Å². The predicted molar refractivity (Wildman–Crippen MR) is 67.1 cm³/mol. The van der Waals surface area contributed by atoms with E-state index in [1.54, 1.807) is 0 Å². The Morgan fingerprint density at radius 3 is 3.06 bits per heavy atom. The number of rotatable bonds is 3. The first-order valence-corrected chi connectivity index (χ1v) is 6.22. The van der Waals surface area contributed by atoms with Crippen LogP contribution in [0.5, 0.6) is 0 Å². The smallest absolute Gasteiger partial charge is 0.232 e. The molecule has 0 spiro atoms. The molecule has 1 aromatic rings. The molecular weight excluding hydrogens is 240 g/mol. The second-order valence-corrected chi connectivity index (χ2v) is 5.19. The molecular formula is C11H17ClN4O. The highest BCUT2D eigenvalue weighted by atomic mass is 35.5. The van der Waals surface area contributed by atoms with Crippen LogP contribution >= 0.6 is 11.6 Å². The Kier molecular flexibility index (Phi) is 3.40. The highest BCUT2D eigenvalue weighted by molar-refractivity contribution is 6.20. The Labute approximate surface area is 105 Å². The van der Waals surface area contributed by atoms with Gasteiger partial charge in [0.2, 0.25) is 5.91 Å². The average Bonchev–Trinajstić information content (AvgIpc) is 2.73. The number of halogens is 1. The maximum atomic E-state index is 12.0. The van der Waals surface area contributed by atoms with Gasteiger partial charge in [-0.15, -0.1) is 11.6 Å². The number of carbonyl (C=O) groups is 1.